The zero-order chi connectivity index (χ0) is 13.9. The van der Waals surface area contributed by atoms with Gasteiger partial charge < -0.3 is 10.4 Å². The first kappa shape index (κ1) is 13.8. The van der Waals surface area contributed by atoms with Gasteiger partial charge in [0.2, 0.25) is 0 Å². The Bertz CT molecular complexity index is 519. The van der Waals surface area contributed by atoms with Crippen LogP contribution in [0.25, 0.3) is 0 Å². The van der Waals surface area contributed by atoms with Gasteiger partial charge in [-0.1, -0.05) is 11.6 Å². The second-order valence-electron chi connectivity index (χ2n) is 3.31. The van der Waals surface area contributed by atoms with Crippen molar-refractivity contribution in [2.75, 3.05) is 0 Å². The van der Waals surface area contributed by atoms with Crippen LogP contribution in [0.1, 0.15) is 17.3 Å². The molecule has 0 aromatic carbocycles. The molecule has 1 aromatic rings. The molecule has 1 aromatic heterocycles. The second kappa shape index (κ2) is 5.41. The lowest BCUT2D eigenvalue weighted by molar-refractivity contribution is -0.385. The Morgan fingerprint density at radius 2 is 2.22 bits per heavy atom. The van der Waals surface area contributed by atoms with E-state index in [1.165, 1.54) is 6.92 Å². The number of carbonyl (C=O) groups is 2. The van der Waals surface area contributed by atoms with Gasteiger partial charge in [-0.05, 0) is 13.0 Å². The quantitative estimate of drug-likeness (QED) is 0.476. The minimum Gasteiger partial charge on any atom is -0.480 e. The van der Waals surface area contributed by atoms with E-state index in [9.17, 15) is 19.7 Å². The molecule has 96 valence electrons. The van der Waals surface area contributed by atoms with E-state index in [2.05, 4.69) is 10.3 Å². The highest BCUT2D eigenvalue weighted by Crippen LogP contribution is 2.20. The first-order valence-corrected chi connectivity index (χ1v) is 5.04. The summed E-state index contributed by atoms with van der Waals surface area (Å²) in [5, 5.41) is 21.3. The monoisotopic (exact) mass is 273 g/mol. The van der Waals surface area contributed by atoms with Crippen molar-refractivity contribution in [3.8, 4) is 0 Å². The molecule has 8 nitrogen and oxygen atoms in total. The summed E-state index contributed by atoms with van der Waals surface area (Å²) in [4.78, 5) is 35.6. The molecule has 1 unspecified atom stereocenters. The zero-order valence-electron chi connectivity index (χ0n) is 9.08. The molecule has 0 aliphatic carbocycles. The summed E-state index contributed by atoms with van der Waals surface area (Å²) in [5.74, 6) is -2.16. The van der Waals surface area contributed by atoms with Crippen LogP contribution in [0.3, 0.4) is 0 Å². The Balaban J connectivity index is 3.08. The zero-order valence-corrected chi connectivity index (χ0v) is 9.84. The number of hydrogen-bond acceptors (Lipinski definition) is 5. The molecule has 0 bridgehead atoms. The molecular formula is C9H8ClN3O5. The number of carbonyl (C=O) groups excluding carboxylic acids is 1. The normalized spacial score (nSPS) is 11.7. The molecule has 1 atom stereocenters. The van der Waals surface area contributed by atoms with Gasteiger partial charge in [0.1, 0.15) is 23.0 Å². The lowest BCUT2D eigenvalue weighted by Crippen LogP contribution is -2.38. The number of nitrogens with zero attached hydrogens (tertiary/aromatic N) is 2. The third-order valence-corrected chi connectivity index (χ3v) is 2.22. The van der Waals surface area contributed by atoms with E-state index in [0.717, 1.165) is 12.3 Å². The molecule has 1 rings (SSSR count). The van der Waals surface area contributed by atoms with Crippen molar-refractivity contribution >= 4 is 29.2 Å². The Hall–Kier alpha value is -2.22. The Morgan fingerprint density at radius 3 is 2.72 bits per heavy atom. The fourth-order valence-corrected chi connectivity index (χ4v) is 1.24. The molecule has 0 fully saturated rings. The SMILES string of the molecule is CC(NC(=O)c1cc(Cl)ncc1[N+](=O)[O-])C(=O)O. The van der Waals surface area contributed by atoms with E-state index in [1.54, 1.807) is 0 Å². The fraction of sp³-hybridized carbons (Fsp3) is 0.222. The van der Waals surface area contributed by atoms with Crippen molar-refractivity contribution < 1.29 is 19.6 Å². The summed E-state index contributed by atoms with van der Waals surface area (Å²) in [5.41, 5.74) is -0.886. The van der Waals surface area contributed by atoms with Crippen molar-refractivity contribution in [2.45, 2.75) is 13.0 Å². The van der Waals surface area contributed by atoms with Crippen molar-refractivity contribution in [2.24, 2.45) is 0 Å². The standard InChI is InChI=1S/C9H8ClN3O5/c1-4(9(15)16)12-8(14)5-2-7(10)11-3-6(5)13(17)18/h2-4H,1H3,(H,12,14)(H,15,16). The summed E-state index contributed by atoms with van der Waals surface area (Å²) in [6.07, 6.45) is 0.836. The largest absolute Gasteiger partial charge is 0.480 e. The number of nitrogens with one attached hydrogen (secondary N) is 1. The van der Waals surface area contributed by atoms with Crippen molar-refractivity contribution in [3.63, 3.8) is 0 Å². The lowest BCUT2D eigenvalue weighted by atomic mass is 10.2. The van der Waals surface area contributed by atoms with Crippen LogP contribution in [0.2, 0.25) is 5.15 Å². The average molecular weight is 274 g/mol. The number of carboxylic acids is 1. The molecule has 0 saturated heterocycles. The first-order valence-electron chi connectivity index (χ1n) is 4.66. The highest BCUT2D eigenvalue weighted by atomic mass is 35.5. The van der Waals surface area contributed by atoms with Gasteiger partial charge >= 0.3 is 5.97 Å². The van der Waals surface area contributed by atoms with Crippen LogP contribution >= 0.6 is 11.6 Å². The number of aromatic nitrogens is 1. The number of aliphatic carboxylic acids is 1. The van der Waals surface area contributed by atoms with Gasteiger partial charge in [0.25, 0.3) is 11.6 Å². The Kier molecular flexibility index (Phi) is 4.16. The summed E-state index contributed by atoms with van der Waals surface area (Å²) < 4.78 is 0. The molecule has 0 spiro atoms. The minimum absolute atomic E-state index is 0.103. The first-order chi connectivity index (χ1) is 8.32. The van der Waals surface area contributed by atoms with Gasteiger partial charge in [0, 0.05) is 0 Å². The molecule has 0 aliphatic rings. The third-order valence-electron chi connectivity index (χ3n) is 2.01. The summed E-state index contributed by atoms with van der Waals surface area (Å²) in [7, 11) is 0. The highest BCUT2D eigenvalue weighted by molar-refractivity contribution is 6.29. The Labute approximate surface area is 106 Å². The second-order valence-corrected chi connectivity index (χ2v) is 3.70. The number of nitro groups is 1. The van der Waals surface area contributed by atoms with E-state index < -0.39 is 28.5 Å². The van der Waals surface area contributed by atoms with Crippen molar-refractivity contribution in [1.82, 2.24) is 10.3 Å². The third kappa shape index (κ3) is 3.14. The molecule has 2 N–H and O–H groups in total. The van der Waals surface area contributed by atoms with Crippen LogP contribution in [-0.2, 0) is 4.79 Å². The number of amides is 1. The summed E-state index contributed by atoms with van der Waals surface area (Å²) in [6.45, 7) is 1.23. The van der Waals surface area contributed by atoms with Gasteiger partial charge in [-0.25, -0.2) is 4.98 Å². The molecule has 0 radical (unpaired) electrons. The maximum Gasteiger partial charge on any atom is 0.325 e. The maximum absolute atomic E-state index is 11.7. The Morgan fingerprint density at radius 1 is 1.61 bits per heavy atom. The number of rotatable bonds is 4. The number of pyridine rings is 1. The van der Waals surface area contributed by atoms with Gasteiger partial charge in [-0.2, -0.15) is 0 Å². The van der Waals surface area contributed by atoms with Crippen LogP contribution in [0.4, 0.5) is 5.69 Å². The smallest absolute Gasteiger partial charge is 0.325 e. The number of halogens is 1. The van der Waals surface area contributed by atoms with E-state index in [0.29, 0.717) is 0 Å². The molecule has 1 heterocycles. The topological polar surface area (TPSA) is 122 Å². The fourth-order valence-electron chi connectivity index (χ4n) is 1.09. The number of carboxylic acid groups (broad SMARTS) is 1. The van der Waals surface area contributed by atoms with Gasteiger partial charge in [-0.15, -0.1) is 0 Å². The van der Waals surface area contributed by atoms with E-state index in [4.69, 9.17) is 16.7 Å². The molecular weight excluding hydrogens is 266 g/mol. The van der Waals surface area contributed by atoms with Crippen LogP contribution in [0.15, 0.2) is 12.3 Å². The molecule has 0 saturated carbocycles. The summed E-state index contributed by atoms with van der Waals surface area (Å²) in [6, 6.07) is -0.173. The predicted molar refractivity (Wildman–Crippen MR) is 60.5 cm³/mol. The van der Waals surface area contributed by atoms with Crippen LogP contribution in [-0.4, -0.2) is 32.9 Å². The van der Waals surface area contributed by atoms with Gasteiger partial charge in [0.05, 0.1) is 4.92 Å². The highest BCUT2D eigenvalue weighted by Gasteiger charge is 2.24. The van der Waals surface area contributed by atoms with Crippen LogP contribution < -0.4 is 5.32 Å². The van der Waals surface area contributed by atoms with E-state index in [1.807, 2.05) is 0 Å². The molecule has 18 heavy (non-hydrogen) atoms. The molecule has 0 aliphatic heterocycles. The summed E-state index contributed by atoms with van der Waals surface area (Å²) >= 11 is 5.53. The molecule has 9 heteroatoms. The van der Waals surface area contributed by atoms with Crippen LogP contribution in [0, 0.1) is 10.1 Å². The number of hydrogen-bond donors (Lipinski definition) is 2. The van der Waals surface area contributed by atoms with E-state index in [-0.39, 0.29) is 10.7 Å². The van der Waals surface area contributed by atoms with Crippen molar-refractivity contribution in [3.05, 3.63) is 33.1 Å². The maximum atomic E-state index is 11.7. The van der Waals surface area contributed by atoms with Crippen LogP contribution in [0.5, 0.6) is 0 Å². The van der Waals surface area contributed by atoms with Gasteiger partial charge in [-0.3, -0.25) is 19.7 Å². The minimum atomic E-state index is -1.26. The average Bonchev–Trinajstić information content (AvgIpc) is 2.28. The van der Waals surface area contributed by atoms with Gasteiger partial charge in [0.15, 0.2) is 0 Å². The van der Waals surface area contributed by atoms with E-state index >= 15 is 0 Å². The van der Waals surface area contributed by atoms with Crippen molar-refractivity contribution in [1.29, 1.82) is 0 Å². The lowest BCUT2D eigenvalue weighted by Gasteiger charge is -2.09. The molecule has 1 amide bonds. The predicted octanol–water partition coefficient (Wildman–Crippen LogP) is 0.846.